The van der Waals surface area contributed by atoms with Crippen molar-refractivity contribution in [3.63, 3.8) is 0 Å². The van der Waals surface area contributed by atoms with E-state index in [4.69, 9.17) is 9.78 Å². The summed E-state index contributed by atoms with van der Waals surface area (Å²) in [6.07, 6.45) is 1.87. The molecular formula is C11H8N2OS. The molecule has 74 valence electrons. The minimum absolute atomic E-state index is 0.508. The molecule has 0 bridgehead atoms. The number of nitrogens with zero attached hydrogens (tertiary/aromatic N) is 2. The van der Waals surface area contributed by atoms with Crippen LogP contribution in [0.3, 0.4) is 0 Å². The summed E-state index contributed by atoms with van der Waals surface area (Å²) < 4.78 is 5.17. The van der Waals surface area contributed by atoms with E-state index in [-0.39, 0.29) is 0 Å². The number of hydrogen-bond donors (Lipinski definition) is 0. The monoisotopic (exact) mass is 216 g/mol. The highest BCUT2D eigenvalue weighted by molar-refractivity contribution is 7.98. The Bertz CT molecular complexity index is 499. The van der Waals surface area contributed by atoms with E-state index in [1.165, 1.54) is 11.8 Å². The quantitative estimate of drug-likeness (QED) is 0.724. The third kappa shape index (κ3) is 1.74. The van der Waals surface area contributed by atoms with Crippen LogP contribution >= 0.6 is 11.8 Å². The van der Waals surface area contributed by atoms with Crippen molar-refractivity contribution in [2.45, 2.75) is 5.03 Å². The van der Waals surface area contributed by atoms with Crippen LogP contribution < -0.4 is 0 Å². The summed E-state index contributed by atoms with van der Waals surface area (Å²) in [5.74, 6) is 0.544. The van der Waals surface area contributed by atoms with Crippen molar-refractivity contribution in [1.82, 2.24) is 5.16 Å². The minimum Gasteiger partial charge on any atom is -0.354 e. The maximum Gasteiger partial charge on any atom is 0.185 e. The Balaban J connectivity index is 2.55. The molecule has 0 saturated carbocycles. The molecule has 0 spiro atoms. The van der Waals surface area contributed by atoms with Gasteiger partial charge in [-0.25, -0.2) is 0 Å². The lowest BCUT2D eigenvalue weighted by molar-refractivity contribution is 0.415. The SMILES string of the molecule is CSc1noc(-c2ccccc2)c1C#N. The largest absolute Gasteiger partial charge is 0.354 e. The summed E-state index contributed by atoms with van der Waals surface area (Å²) in [6.45, 7) is 0. The summed E-state index contributed by atoms with van der Waals surface area (Å²) in [7, 11) is 0. The van der Waals surface area contributed by atoms with Crippen LogP contribution in [0.15, 0.2) is 39.9 Å². The molecule has 2 rings (SSSR count). The highest BCUT2D eigenvalue weighted by Gasteiger charge is 2.16. The van der Waals surface area contributed by atoms with E-state index in [1.807, 2.05) is 36.6 Å². The lowest BCUT2D eigenvalue weighted by Crippen LogP contribution is -1.79. The van der Waals surface area contributed by atoms with Crippen LogP contribution in [-0.4, -0.2) is 11.4 Å². The van der Waals surface area contributed by atoms with Crippen LogP contribution in [0.4, 0.5) is 0 Å². The van der Waals surface area contributed by atoms with Gasteiger partial charge in [0.2, 0.25) is 0 Å². The summed E-state index contributed by atoms with van der Waals surface area (Å²) in [4.78, 5) is 0. The average Bonchev–Trinajstić information content (AvgIpc) is 2.72. The van der Waals surface area contributed by atoms with Crippen molar-refractivity contribution in [3.05, 3.63) is 35.9 Å². The van der Waals surface area contributed by atoms with E-state index in [1.54, 1.807) is 0 Å². The van der Waals surface area contributed by atoms with Gasteiger partial charge in [0, 0.05) is 5.56 Å². The van der Waals surface area contributed by atoms with Gasteiger partial charge in [-0.05, 0) is 6.26 Å². The van der Waals surface area contributed by atoms with Crippen molar-refractivity contribution in [2.75, 3.05) is 6.26 Å². The second-order valence-electron chi connectivity index (χ2n) is 2.87. The average molecular weight is 216 g/mol. The van der Waals surface area contributed by atoms with Gasteiger partial charge in [-0.2, -0.15) is 5.26 Å². The van der Waals surface area contributed by atoms with Gasteiger partial charge in [0.05, 0.1) is 0 Å². The minimum atomic E-state index is 0.508. The predicted molar refractivity (Wildman–Crippen MR) is 58.4 cm³/mol. The topological polar surface area (TPSA) is 49.8 Å². The van der Waals surface area contributed by atoms with Gasteiger partial charge in [0.15, 0.2) is 10.8 Å². The molecule has 0 saturated heterocycles. The fourth-order valence-electron chi connectivity index (χ4n) is 1.30. The van der Waals surface area contributed by atoms with Gasteiger partial charge in [-0.1, -0.05) is 35.5 Å². The lowest BCUT2D eigenvalue weighted by atomic mass is 10.1. The molecule has 3 nitrogen and oxygen atoms in total. The fourth-order valence-corrected chi connectivity index (χ4v) is 1.75. The highest BCUT2D eigenvalue weighted by atomic mass is 32.2. The zero-order valence-electron chi connectivity index (χ0n) is 8.10. The summed E-state index contributed by atoms with van der Waals surface area (Å²) in [5.41, 5.74) is 1.38. The fraction of sp³-hybridized carbons (Fsp3) is 0.0909. The van der Waals surface area contributed by atoms with Crippen LogP contribution in [0.25, 0.3) is 11.3 Å². The van der Waals surface area contributed by atoms with E-state index in [9.17, 15) is 0 Å². The number of benzene rings is 1. The van der Waals surface area contributed by atoms with Gasteiger partial charge in [-0.3, -0.25) is 0 Å². The Kier molecular flexibility index (Phi) is 2.75. The van der Waals surface area contributed by atoms with Crippen molar-refractivity contribution in [3.8, 4) is 17.4 Å². The first-order valence-corrected chi connectivity index (χ1v) is 5.58. The second-order valence-corrected chi connectivity index (χ2v) is 3.67. The maximum atomic E-state index is 9.02. The van der Waals surface area contributed by atoms with E-state index in [0.29, 0.717) is 16.3 Å². The molecule has 2 aromatic rings. The first kappa shape index (κ1) is 9.81. The zero-order chi connectivity index (χ0) is 10.7. The molecule has 1 heterocycles. The molecule has 15 heavy (non-hydrogen) atoms. The summed E-state index contributed by atoms with van der Waals surface area (Å²) in [6, 6.07) is 11.6. The van der Waals surface area contributed by atoms with Crippen LogP contribution in [0.2, 0.25) is 0 Å². The Morgan fingerprint density at radius 1 is 1.33 bits per heavy atom. The van der Waals surface area contributed by atoms with Crippen molar-refractivity contribution in [1.29, 1.82) is 5.26 Å². The molecule has 0 unspecified atom stereocenters. The van der Waals surface area contributed by atoms with Gasteiger partial charge >= 0.3 is 0 Å². The standard InChI is InChI=1S/C11H8N2OS/c1-15-11-9(7-12)10(14-13-11)8-5-3-2-4-6-8/h2-6H,1H3. The predicted octanol–water partition coefficient (Wildman–Crippen LogP) is 2.94. The third-order valence-corrected chi connectivity index (χ3v) is 2.67. The van der Waals surface area contributed by atoms with Crippen LogP contribution in [0.1, 0.15) is 5.56 Å². The van der Waals surface area contributed by atoms with E-state index < -0.39 is 0 Å². The number of rotatable bonds is 2. The number of aromatic nitrogens is 1. The third-order valence-electron chi connectivity index (χ3n) is 2.00. The molecule has 4 heteroatoms. The molecule has 0 amide bonds. The first-order valence-electron chi connectivity index (χ1n) is 4.36. The van der Waals surface area contributed by atoms with Gasteiger partial charge in [0.1, 0.15) is 11.6 Å². The summed E-state index contributed by atoms with van der Waals surface area (Å²) >= 11 is 1.41. The van der Waals surface area contributed by atoms with Gasteiger partial charge in [-0.15, -0.1) is 11.8 Å². The number of hydrogen-bond acceptors (Lipinski definition) is 4. The van der Waals surface area contributed by atoms with E-state index in [2.05, 4.69) is 11.2 Å². The van der Waals surface area contributed by atoms with Crippen molar-refractivity contribution in [2.24, 2.45) is 0 Å². The molecule has 0 aliphatic carbocycles. The molecular weight excluding hydrogens is 208 g/mol. The molecule has 0 radical (unpaired) electrons. The van der Waals surface area contributed by atoms with Crippen molar-refractivity contribution < 1.29 is 4.52 Å². The molecule has 1 aromatic carbocycles. The first-order chi connectivity index (χ1) is 7.36. The number of nitriles is 1. The Labute approximate surface area is 91.7 Å². The molecule has 0 N–H and O–H groups in total. The van der Waals surface area contributed by atoms with Crippen LogP contribution in [0.5, 0.6) is 0 Å². The molecule has 0 fully saturated rings. The van der Waals surface area contributed by atoms with Gasteiger partial charge < -0.3 is 4.52 Å². The van der Waals surface area contributed by atoms with E-state index in [0.717, 1.165) is 5.56 Å². The number of thioether (sulfide) groups is 1. The Hall–Kier alpha value is -1.73. The Morgan fingerprint density at radius 2 is 2.07 bits per heavy atom. The van der Waals surface area contributed by atoms with Crippen molar-refractivity contribution >= 4 is 11.8 Å². The van der Waals surface area contributed by atoms with E-state index >= 15 is 0 Å². The lowest BCUT2D eigenvalue weighted by Gasteiger charge is -1.94. The molecule has 0 aliphatic rings. The zero-order valence-corrected chi connectivity index (χ0v) is 8.91. The normalized spacial score (nSPS) is 9.87. The molecule has 0 aliphatic heterocycles. The van der Waals surface area contributed by atoms with Gasteiger partial charge in [0.25, 0.3) is 0 Å². The molecule has 1 aromatic heterocycles. The highest BCUT2D eigenvalue weighted by Crippen LogP contribution is 2.29. The maximum absolute atomic E-state index is 9.02. The molecule has 0 atom stereocenters. The van der Waals surface area contributed by atoms with Crippen LogP contribution in [0, 0.1) is 11.3 Å². The second kappa shape index (κ2) is 4.20. The summed E-state index contributed by atoms with van der Waals surface area (Å²) in [5, 5.41) is 13.5. The Morgan fingerprint density at radius 3 is 2.67 bits per heavy atom. The van der Waals surface area contributed by atoms with Crippen LogP contribution in [-0.2, 0) is 0 Å². The smallest absolute Gasteiger partial charge is 0.185 e.